The Morgan fingerprint density at radius 1 is 1.45 bits per heavy atom. The highest BCUT2D eigenvalue weighted by Gasteiger charge is 2.27. The standard InChI is InChI=1S/C15H23N3OS/c1-10-8-11(2)18-14(12(10)13(16)20)17-9-15(3)4-6-19-7-5-15/h8H,4-7,9H2,1-3H3,(H2,16,20)(H,17,18). The summed E-state index contributed by atoms with van der Waals surface area (Å²) in [6.45, 7) is 8.82. The molecule has 1 aromatic heterocycles. The molecule has 1 aromatic rings. The minimum Gasteiger partial charge on any atom is -0.389 e. The molecule has 20 heavy (non-hydrogen) atoms. The van der Waals surface area contributed by atoms with Crippen LogP contribution >= 0.6 is 12.2 Å². The van der Waals surface area contributed by atoms with Crippen LogP contribution in [0.3, 0.4) is 0 Å². The van der Waals surface area contributed by atoms with Crippen LogP contribution in [0.4, 0.5) is 5.82 Å². The number of rotatable bonds is 4. The number of nitrogens with one attached hydrogen (secondary N) is 1. The number of anilines is 1. The molecule has 1 aliphatic heterocycles. The number of hydrogen-bond donors (Lipinski definition) is 2. The van der Waals surface area contributed by atoms with Gasteiger partial charge in [0.25, 0.3) is 0 Å². The van der Waals surface area contributed by atoms with E-state index in [9.17, 15) is 0 Å². The molecule has 0 unspecified atom stereocenters. The van der Waals surface area contributed by atoms with Gasteiger partial charge in [0.05, 0.1) is 5.56 Å². The van der Waals surface area contributed by atoms with Crippen LogP contribution in [0.15, 0.2) is 6.07 Å². The van der Waals surface area contributed by atoms with E-state index in [1.807, 2.05) is 19.9 Å². The fourth-order valence-corrected chi connectivity index (χ4v) is 2.87. The SMILES string of the molecule is Cc1cc(C)c(C(N)=S)c(NCC2(C)CCOCC2)n1. The van der Waals surface area contributed by atoms with Crippen molar-refractivity contribution in [1.29, 1.82) is 0 Å². The Balaban J connectivity index is 2.18. The van der Waals surface area contributed by atoms with Crippen LogP contribution in [-0.4, -0.2) is 29.7 Å². The molecule has 0 atom stereocenters. The Kier molecular flexibility index (Phi) is 4.60. The van der Waals surface area contributed by atoms with Gasteiger partial charge in [-0.05, 0) is 43.7 Å². The van der Waals surface area contributed by atoms with Crippen molar-refractivity contribution in [3.8, 4) is 0 Å². The third-order valence-corrected chi connectivity index (χ3v) is 4.18. The van der Waals surface area contributed by atoms with Crippen molar-refractivity contribution in [3.63, 3.8) is 0 Å². The maximum atomic E-state index is 5.84. The maximum Gasteiger partial charge on any atom is 0.136 e. The van der Waals surface area contributed by atoms with E-state index in [0.29, 0.717) is 4.99 Å². The zero-order valence-corrected chi connectivity index (χ0v) is 13.3. The molecule has 1 fully saturated rings. The van der Waals surface area contributed by atoms with Gasteiger partial charge in [0.1, 0.15) is 10.8 Å². The largest absolute Gasteiger partial charge is 0.389 e. The lowest BCUT2D eigenvalue weighted by Crippen LogP contribution is -2.34. The first-order valence-corrected chi connectivity index (χ1v) is 7.42. The Bertz CT molecular complexity index is 510. The first kappa shape index (κ1) is 15.2. The smallest absolute Gasteiger partial charge is 0.136 e. The van der Waals surface area contributed by atoms with E-state index in [0.717, 1.165) is 55.2 Å². The van der Waals surface area contributed by atoms with E-state index in [1.54, 1.807) is 0 Å². The van der Waals surface area contributed by atoms with Crippen molar-refractivity contribution in [3.05, 3.63) is 22.9 Å². The van der Waals surface area contributed by atoms with Crippen LogP contribution in [0.2, 0.25) is 0 Å². The van der Waals surface area contributed by atoms with Gasteiger partial charge in [-0.3, -0.25) is 0 Å². The number of ether oxygens (including phenoxy) is 1. The lowest BCUT2D eigenvalue weighted by Gasteiger charge is -2.34. The predicted octanol–water partition coefficient (Wildman–Crippen LogP) is 2.56. The second kappa shape index (κ2) is 6.06. The molecule has 0 aromatic carbocycles. The Morgan fingerprint density at radius 3 is 2.70 bits per heavy atom. The highest BCUT2D eigenvalue weighted by molar-refractivity contribution is 7.80. The minimum absolute atomic E-state index is 0.241. The van der Waals surface area contributed by atoms with Crippen molar-refractivity contribution in [2.75, 3.05) is 25.1 Å². The monoisotopic (exact) mass is 293 g/mol. The van der Waals surface area contributed by atoms with E-state index in [2.05, 4.69) is 17.2 Å². The lowest BCUT2D eigenvalue weighted by atomic mass is 9.82. The molecule has 0 saturated carbocycles. The van der Waals surface area contributed by atoms with E-state index in [-0.39, 0.29) is 5.41 Å². The first-order chi connectivity index (χ1) is 9.41. The molecule has 0 aliphatic carbocycles. The second-order valence-corrected chi connectivity index (χ2v) is 6.38. The summed E-state index contributed by atoms with van der Waals surface area (Å²) < 4.78 is 5.43. The fourth-order valence-electron chi connectivity index (χ4n) is 2.61. The van der Waals surface area contributed by atoms with Crippen molar-refractivity contribution in [1.82, 2.24) is 4.98 Å². The topological polar surface area (TPSA) is 60.2 Å². The quantitative estimate of drug-likeness (QED) is 0.836. The van der Waals surface area contributed by atoms with Crippen LogP contribution in [0.5, 0.6) is 0 Å². The van der Waals surface area contributed by atoms with Gasteiger partial charge in [0.2, 0.25) is 0 Å². The van der Waals surface area contributed by atoms with Crippen LogP contribution in [0.1, 0.15) is 36.6 Å². The van der Waals surface area contributed by atoms with Gasteiger partial charge in [0.15, 0.2) is 0 Å². The summed E-state index contributed by atoms with van der Waals surface area (Å²) >= 11 is 5.16. The first-order valence-electron chi connectivity index (χ1n) is 7.01. The molecule has 3 N–H and O–H groups in total. The number of pyridine rings is 1. The summed E-state index contributed by atoms with van der Waals surface area (Å²) in [5.41, 5.74) is 8.99. The van der Waals surface area contributed by atoms with Gasteiger partial charge in [-0.15, -0.1) is 0 Å². The summed E-state index contributed by atoms with van der Waals surface area (Å²) in [5.74, 6) is 0.808. The Morgan fingerprint density at radius 2 is 2.10 bits per heavy atom. The number of aryl methyl sites for hydroxylation is 2. The van der Waals surface area contributed by atoms with Crippen LogP contribution in [0.25, 0.3) is 0 Å². The van der Waals surface area contributed by atoms with Crippen molar-refractivity contribution in [2.24, 2.45) is 11.1 Å². The number of nitrogens with zero attached hydrogens (tertiary/aromatic N) is 1. The van der Waals surface area contributed by atoms with Crippen LogP contribution in [0, 0.1) is 19.3 Å². The highest BCUT2D eigenvalue weighted by Crippen LogP contribution is 2.30. The van der Waals surface area contributed by atoms with Crippen molar-refractivity contribution >= 4 is 23.0 Å². The zero-order chi connectivity index (χ0) is 14.8. The maximum absolute atomic E-state index is 5.84. The number of hydrogen-bond acceptors (Lipinski definition) is 4. The second-order valence-electron chi connectivity index (χ2n) is 5.94. The molecule has 1 aliphatic rings. The summed E-state index contributed by atoms with van der Waals surface area (Å²) in [4.78, 5) is 4.96. The number of thiocarbonyl (C=S) groups is 1. The molecule has 5 heteroatoms. The minimum atomic E-state index is 0.241. The molecular weight excluding hydrogens is 270 g/mol. The molecule has 1 saturated heterocycles. The van der Waals surface area contributed by atoms with Gasteiger partial charge >= 0.3 is 0 Å². The number of aromatic nitrogens is 1. The van der Waals surface area contributed by atoms with Gasteiger partial charge < -0.3 is 15.8 Å². The van der Waals surface area contributed by atoms with E-state index in [4.69, 9.17) is 22.7 Å². The van der Waals surface area contributed by atoms with E-state index >= 15 is 0 Å². The Hall–Kier alpha value is -1.20. The van der Waals surface area contributed by atoms with Gasteiger partial charge in [-0.2, -0.15) is 0 Å². The molecule has 2 rings (SSSR count). The zero-order valence-electron chi connectivity index (χ0n) is 12.5. The third kappa shape index (κ3) is 3.46. The predicted molar refractivity (Wildman–Crippen MR) is 86.2 cm³/mol. The summed E-state index contributed by atoms with van der Waals surface area (Å²) in [7, 11) is 0. The molecule has 0 spiro atoms. The summed E-state index contributed by atoms with van der Waals surface area (Å²) in [6.07, 6.45) is 2.13. The van der Waals surface area contributed by atoms with E-state index < -0.39 is 0 Å². The molecule has 110 valence electrons. The highest BCUT2D eigenvalue weighted by atomic mass is 32.1. The normalized spacial score (nSPS) is 17.8. The molecule has 0 amide bonds. The summed E-state index contributed by atoms with van der Waals surface area (Å²) in [6, 6.07) is 2.01. The molecule has 4 nitrogen and oxygen atoms in total. The van der Waals surface area contributed by atoms with Gasteiger partial charge in [-0.25, -0.2) is 4.98 Å². The Labute approximate surface area is 126 Å². The van der Waals surface area contributed by atoms with Gasteiger partial charge in [-0.1, -0.05) is 19.1 Å². The fraction of sp³-hybridized carbons (Fsp3) is 0.600. The molecule has 2 heterocycles. The third-order valence-electron chi connectivity index (χ3n) is 3.97. The number of nitrogens with two attached hydrogens (primary N) is 1. The average Bonchev–Trinajstić information content (AvgIpc) is 2.36. The van der Waals surface area contributed by atoms with Crippen LogP contribution in [-0.2, 0) is 4.74 Å². The van der Waals surface area contributed by atoms with E-state index in [1.165, 1.54) is 0 Å². The molecular formula is C15H23N3OS. The molecule has 0 radical (unpaired) electrons. The van der Waals surface area contributed by atoms with Crippen molar-refractivity contribution < 1.29 is 4.74 Å². The molecule has 0 bridgehead atoms. The average molecular weight is 293 g/mol. The van der Waals surface area contributed by atoms with Crippen molar-refractivity contribution in [2.45, 2.75) is 33.6 Å². The van der Waals surface area contributed by atoms with Crippen LogP contribution < -0.4 is 11.1 Å². The lowest BCUT2D eigenvalue weighted by molar-refractivity contribution is 0.0299. The van der Waals surface area contributed by atoms with Gasteiger partial charge in [0, 0.05) is 25.5 Å². The summed E-state index contributed by atoms with van der Waals surface area (Å²) in [5, 5.41) is 3.45.